The summed E-state index contributed by atoms with van der Waals surface area (Å²) in [7, 11) is 0. The van der Waals surface area contributed by atoms with Gasteiger partial charge in [0, 0.05) is 54.3 Å². The number of ether oxygens (including phenoxy) is 1. The molecule has 0 spiro atoms. The Bertz CT molecular complexity index is 1120. The van der Waals surface area contributed by atoms with Crippen LogP contribution in [0.3, 0.4) is 0 Å². The van der Waals surface area contributed by atoms with Gasteiger partial charge in [-0.05, 0) is 62.7 Å². The molecule has 0 saturated carbocycles. The predicted octanol–water partition coefficient (Wildman–Crippen LogP) is 3.08. The number of benzene rings is 1. The summed E-state index contributed by atoms with van der Waals surface area (Å²) in [4.78, 5) is 2.36. The van der Waals surface area contributed by atoms with E-state index in [0.717, 1.165) is 42.1 Å². The molecular weight excluding hydrogens is 364 g/mol. The molecule has 0 radical (unpaired) electrons. The Labute approximate surface area is 170 Å². The van der Waals surface area contributed by atoms with Crippen molar-refractivity contribution in [2.45, 2.75) is 32.6 Å². The monoisotopic (exact) mass is 390 g/mol. The molecule has 0 amide bonds. The highest BCUT2D eigenvalue weighted by Gasteiger charge is 2.28. The number of nitrogens with one attached hydrogen (secondary N) is 1. The highest BCUT2D eigenvalue weighted by Crippen LogP contribution is 2.36. The number of rotatable bonds is 2. The molecule has 2 aliphatic heterocycles. The zero-order chi connectivity index (χ0) is 20.2. The van der Waals surface area contributed by atoms with E-state index >= 15 is 0 Å². The van der Waals surface area contributed by atoms with Gasteiger partial charge in [0.2, 0.25) is 6.29 Å². The lowest BCUT2D eigenvalue weighted by atomic mass is 10.00. The zero-order valence-electron chi connectivity index (χ0n) is 17.0. The normalized spacial score (nSPS) is 20.9. The molecule has 2 aromatic heterocycles. The van der Waals surface area contributed by atoms with Crippen LogP contribution in [0, 0.1) is 6.92 Å². The van der Waals surface area contributed by atoms with Crippen molar-refractivity contribution in [2.24, 2.45) is 0 Å². The average molecular weight is 390 g/mol. The Hall–Kier alpha value is -2.83. The van der Waals surface area contributed by atoms with E-state index in [1.54, 1.807) is 0 Å². The Morgan fingerprint density at radius 1 is 1.21 bits per heavy atom. The first-order chi connectivity index (χ1) is 13.9. The van der Waals surface area contributed by atoms with Crippen molar-refractivity contribution >= 4 is 22.9 Å². The van der Waals surface area contributed by atoms with E-state index in [4.69, 9.17) is 4.74 Å². The van der Waals surface area contributed by atoms with Gasteiger partial charge in [0.1, 0.15) is 5.75 Å². The van der Waals surface area contributed by atoms with Gasteiger partial charge in [0.05, 0.1) is 11.2 Å². The van der Waals surface area contributed by atoms with E-state index in [1.165, 1.54) is 5.56 Å². The second-order valence-electron chi connectivity index (χ2n) is 8.63. The maximum atomic E-state index is 10.7. The minimum Gasteiger partial charge on any atom is -0.460 e. The van der Waals surface area contributed by atoms with Crippen LogP contribution >= 0.6 is 0 Å². The third-order valence-electron chi connectivity index (χ3n) is 5.66. The van der Waals surface area contributed by atoms with Gasteiger partial charge < -0.3 is 20.1 Å². The molecule has 2 aliphatic rings. The first kappa shape index (κ1) is 18.2. The quantitative estimate of drug-likeness (QED) is 0.704. The Morgan fingerprint density at radius 3 is 2.90 bits per heavy atom. The minimum absolute atomic E-state index is 0.0725. The van der Waals surface area contributed by atoms with E-state index in [1.807, 2.05) is 35.0 Å². The summed E-state index contributed by atoms with van der Waals surface area (Å²) in [6.45, 7) is 9.30. The predicted molar refractivity (Wildman–Crippen MR) is 115 cm³/mol. The van der Waals surface area contributed by atoms with Crippen molar-refractivity contribution in [1.82, 2.24) is 14.9 Å². The number of aliphatic hydroxyl groups excluding tert-OH is 1. The topological polar surface area (TPSA) is 62.0 Å². The van der Waals surface area contributed by atoms with Crippen molar-refractivity contribution in [3.63, 3.8) is 0 Å². The van der Waals surface area contributed by atoms with Gasteiger partial charge in [0.15, 0.2) is 0 Å². The van der Waals surface area contributed by atoms with Crippen LogP contribution in [0.15, 0.2) is 42.6 Å². The summed E-state index contributed by atoms with van der Waals surface area (Å²) in [5.41, 5.74) is 5.71. The van der Waals surface area contributed by atoms with Crippen LogP contribution in [0.4, 0.5) is 5.69 Å². The first-order valence-electron chi connectivity index (χ1n) is 10.0. The molecule has 1 fully saturated rings. The van der Waals surface area contributed by atoms with Gasteiger partial charge in [-0.25, -0.2) is 4.52 Å². The third-order valence-corrected chi connectivity index (χ3v) is 5.66. The fraction of sp³-hybridized carbons (Fsp3) is 0.348. The van der Waals surface area contributed by atoms with Gasteiger partial charge in [-0.1, -0.05) is 0 Å². The molecule has 2 N–H and O–H groups in total. The van der Waals surface area contributed by atoms with Crippen LogP contribution in [0.5, 0.6) is 5.75 Å². The highest BCUT2D eigenvalue weighted by molar-refractivity contribution is 5.87. The molecule has 1 aromatic carbocycles. The summed E-state index contributed by atoms with van der Waals surface area (Å²) >= 11 is 0. The summed E-state index contributed by atoms with van der Waals surface area (Å²) < 4.78 is 7.72. The van der Waals surface area contributed by atoms with Crippen molar-refractivity contribution < 1.29 is 9.84 Å². The largest absolute Gasteiger partial charge is 0.460 e. The second kappa shape index (κ2) is 6.61. The Balaban J connectivity index is 1.48. The van der Waals surface area contributed by atoms with E-state index in [2.05, 4.69) is 54.3 Å². The minimum atomic E-state index is -1.04. The number of aliphatic hydroxyl groups is 1. The van der Waals surface area contributed by atoms with E-state index in [9.17, 15) is 5.11 Å². The number of hydrogen-bond acceptors (Lipinski definition) is 5. The first-order valence-corrected chi connectivity index (χ1v) is 10.0. The van der Waals surface area contributed by atoms with E-state index < -0.39 is 6.29 Å². The van der Waals surface area contributed by atoms with Crippen LogP contribution in [0.1, 0.15) is 30.7 Å². The molecule has 150 valence electrons. The highest BCUT2D eigenvalue weighted by atomic mass is 16.6. The molecule has 0 bridgehead atoms. The van der Waals surface area contributed by atoms with Crippen molar-refractivity contribution in [2.75, 3.05) is 24.5 Å². The summed E-state index contributed by atoms with van der Waals surface area (Å²) in [5.74, 6) is 0.703. The fourth-order valence-electron chi connectivity index (χ4n) is 4.17. The number of piperazine rings is 1. The maximum absolute atomic E-state index is 10.7. The molecular formula is C23H26N4O2. The molecule has 4 heterocycles. The summed E-state index contributed by atoms with van der Waals surface area (Å²) in [5, 5.41) is 18.8. The third kappa shape index (κ3) is 3.39. The number of hydrogen-bond donors (Lipinski definition) is 2. The number of fused-ring (bicyclic) bond motifs is 2. The van der Waals surface area contributed by atoms with Crippen LogP contribution in [-0.4, -0.2) is 46.2 Å². The van der Waals surface area contributed by atoms with Crippen LogP contribution < -0.4 is 15.0 Å². The van der Waals surface area contributed by atoms with Crippen molar-refractivity contribution in [3.05, 3.63) is 59.4 Å². The number of aromatic nitrogens is 2. The van der Waals surface area contributed by atoms with Gasteiger partial charge >= 0.3 is 0 Å². The maximum Gasteiger partial charge on any atom is 0.226 e. The Kier molecular flexibility index (Phi) is 4.15. The van der Waals surface area contributed by atoms with Crippen LogP contribution in [-0.2, 0) is 0 Å². The molecule has 0 aliphatic carbocycles. The van der Waals surface area contributed by atoms with Gasteiger partial charge in [-0.3, -0.25) is 0 Å². The van der Waals surface area contributed by atoms with Gasteiger partial charge in [-0.2, -0.15) is 5.10 Å². The van der Waals surface area contributed by atoms with E-state index in [-0.39, 0.29) is 5.54 Å². The zero-order valence-corrected chi connectivity index (χ0v) is 17.0. The van der Waals surface area contributed by atoms with Crippen molar-refractivity contribution in [3.8, 4) is 5.75 Å². The number of anilines is 1. The smallest absolute Gasteiger partial charge is 0.226 e. The van der Waals surface area contributed by atoms with Crippen LogP contribution in [0.2, 0.25) is 0 Å². The molecule has 1 saturated heterocycles. The standard InChI is InChI=1S/C23H26N4O2/c1-15-6-8-27-18(10-15)12-20(25-27)19-11-16-4-5-17(13-21(16)29-22(19)28)26-9-7-24-23(2,3)14-26/h4-6,8,10-13,22,24,28H,7,9,14H2,1-3H3. The average Bonchev–Trinajstić information content (AvgIpc) is 3.09. The van der Waals surface area contributed by atoms with Crippen molar-refractivity contribution in [1.29, 1.82) is 0 Å². The molecule has 5 rings (SSSR count). The molecule has 29 heavy (non-hydrogen) atoms. The fourth-order valence-corrected chi connectivity index (χ4v) is 4.17. The molecule has 1 unspecified atom stereocenters. The summed E-state index contributed by atoms with van der Waals surface area (Å²) in [6, 6.07) is 12.3. The van der Waals surface area contributed by atoms with Crippen LogP contribution in [0.25, 0.3) is 17.2 Å². The number of aryl methyl sites for hydroxylation is 1. The lowest BCUT2D eigenvalue weighted by Crippen LogP contribution is -2.57. The second-order valence-corrected chi connectivity index (χ2v) is 8.63. The number of nitrogens with zero attached hydrogens (tertiary/aromatic N) is 3. The number of pyridine rings is 1. The van der Waals surface area contributed by atoms with E-state index in [0.29, 0.717) is 11.3 Å². The molecule has 6 heteroatoms. The summed E-state index contributed by atoms with van der Waals surface area (Å²) in [6.07, 6.45) is 2.87. The SMILES string of the molecule is Cc1ccn2nc(C3=Cc4ccc(N5CCNC(C)(C)C5)cc4OC3O)cc2c1. The molecule has 6 nitrogen and oxygen atoms in total. The lowest BCUT2D eigenvalue weighted by molar-refractivity contribution is 0.0317. The molecule has 1 atom stereocenters. The Morgan fingerprint density at radius 2 is 2.07 bits per heavy atom. The van der Waals surface area contributed by atoms with Gasteiger partial charge in [-0.15, -0.1) is 0 Å². The molecule has 3 aromatic rings. The van der Waals surface area contributed by atoms with Gasteiger partial charge in [0.25, 0.3) is 0 Å². The lowest BCUT2D eigenvalue weighted by Gasteiger charge is -2.40.